The molecule has 0 aromatic heterocycles. The molecule has 1 aliphatic carbocycles. The molecule has 0 aromatic carbocycles. The van der Waals surface area contributed by atoms with Gasteiger partial charge in [0.25, 0.3) is 0 Å². The zero-order chi connectivity index (χ0) is 9.80. The number of carbonyl (C=O) groups is 1. The fourth-order valence-corrected chi connectivity index (χ4v) is 1.66. The number of hydrogen-bond acceptors (Lipinski definition) is 4. The largest absolute Gasteiger partial charge is 0.462 e. The van der Waals surface area contributed by atoms with Gasteiger partial charge in [-0.1, -0.05) is 0 Å². The topological polar surface area (TPSA) is 47.6 Å². The lowest BCUT2D eigenvalue weighted by atomic mass is 9.96. The molecule has 14 heavy (non-hydrogen) atoms. The molecule has 2 fully saturated rings. The molecule has 0 radical (unpaired) electrons. The average molecular weight is 199 g/mol. The van der Waals surface area contributed by atoms with E-state index in [1.54, 1.807) is 0 Å². The van der Waals surface area contributed by atoms with E-state index in [-0.39, 0.29) is 18.2 Å². The average Bonchev–Trinajstić information content (AvgIpc) is 2.13. The van der Waals surface area contributed by atoms with Crippen LogP contribution in [0.2, 0.25) is 0 Å². The molecule has 1 unspecified atom stereocenters. The first-order valence-electron chi connectivity index (χ1n) is 5.36. The van der Waals surface area contributed by atoms with Gasteiger partial charge in [0, 0.05) is 13.1 Å². The molecular formula is C10H17NO3. The van der Waals surface area contributed by atoms with Crippen molar-refractivity contribution in [2.75, 3.05) is 19.7 Å². The van der Waals surface area contributed by atoms with Crippen LogP contribution in [0.3, 0.4) is 0 Å². The molecule has 0 spiro atoms. The van der Waals surface area contributed by atoms with Crippen molar-refractivity contribution < 1.29 is 14.3 Å². The van der Waals surface area contributed by atoms with Gasteiger partial charge in [0.05, 0.1) is 19.1 Å². The molecule has 0 aromatic rings. The number of rotatable bonds is 3. The van der Waals surface area contributed by atoms with Gasteiger partial charge in [-0.05, 0) is 19.3 Å². The van der Waals surface area contributed by atoms with Crippen LogP contribution in [0.5, 0.6) is 0 Å². The maximum atomic E-state index is 11.4. The van der Waals surface area contributed by atoms with Crippen LogP contribution >= 0.6 is 0 Å². The Kier molecular flexibility index (Phi) is 3.37. The monoisotopic (exact) mass is 199 g/mol. The predicted octanol–water partition coefficient (Wildman–Crippen LogP) is 0.461. The third-order valence-electron chi connectivity index (χ3n) is 2.75. The summed E-state index contributed by atoms with van der Waals surface area (Å²) >= 11 is 0. The smallest absolute Gasteiger partial charge is 0.308 e. The molecule has 4 nitrogen and oxygen atoms in total. The maximum Gasteiger partial charge on any atom is 0.308 e. The van der Waals surface area contributed by atoms with E-state index in [1.165, 1.54) is 6.42 Å². The summed E-state index contributed by atoms with van der Waals surface area (Å²) in [5.74, 6) is -0.108. The van der Waals surface area contributed by atoms with Crippen LogP contribution in [-0.2, 0) is 14.3 Å². The van der Waals surface area contributed by atoms with Crippen molar-refractivity contribution >= 4 is 5.97 Å². The Morgan fingerprint density at radius 2 is 2.36 bits per heavy atom. The van der Waals surface area contributed by atoms with Crippen LogP contribution < -0.4 is 5.32 Å². The molecule has 1 atom stereocenters. The highest BCUT2D eigenvalue weighted by molar-refractivity contribution is 5.70. The highest BCUT2D eigenvalue weighted by Crippen LogP contribution is 2.22. The molecule has 1 saturated carbocycles. The molecule has 1 heterocycles. The third-order valence-corrected chi connectivity index (χ3v) is 2.75. The van der Waals surface area contributed by atoms with Crippen molar-refractivity contribution in [1.29, 1.82) is 0 Å². The minimum atomic E-state index is -0.108. The number of morpholine rings is 1. The predicted molar refractivity (Wildman–Crippen MR) is 51.0 cm³/mol. The van der Waals surface area contributed by atoms with Crippen LogP contribution in [0.1, 0.15) is 25.7 Å². The van der Waals surface area contributed by atoms with Crippen molar-refractivity contribution in [1.82, 2.24) is 5.32 Å². The van der Waals surface area contributed by atoms with E-state index in [9.17, 15) is 4.79 Å². The second kappa shape index (κ2) is 4.75. The Bertz CT molecular complexity index is 198. The highest BCUT2D eigenvalue weighted by Gasteiger charge is 2.24. The van der Waals surface area contributed by atoms with Crippen LogP contribution in [0.4, 0.5) is 0 Å². The van der Waals surface area contributed by atoms with E-state index >= 15 is 0 Å². The van der Waals surface area contributed by atoms with Crippen molar-refractivity contribution in [3.05, 3.63) is 0 Å². The Balaban J connectivity index is 1.64. The molecule has 1 N–H and O–H groups in total. The summed E-state index contributed by atoms with van der Waals surface area (Å²) in [4.78, 5) is 11.4. The number of esters is 1. The second-order valence-electron chi connectivity index (χ2n) is 3.94. The Labute approximate surface area is 84.0 Å². The summed E-state index contributed by atoms with van der Waals surface area (Å²) in [6.07, 6.45) is 3.86. The van der Waals surface area contributed by atoms with Gasteiger partial charge >= 0.3 is 5.97 Å². The summed E-state index contributed by atoms with van der Waals surface area (Å²) in [7, 11) is 0. The van der Waals surface area contributed by atoms with Gasteiger partial charge in [-0.2, -0.15) is 0 Å². The summed E-state index contributed by atoms with van der Waals surface area (Å²) in [5, 5.41) is 3.19. The normalized spacial score (nSPS) is 28.1. The number of ether oxygens (including phenoxy) is 2. The van der Waals surface area contributed by atoms with E-state index < -0.39 is 0 Å². The van der Waals surface area contributed by atoms with Crippen LogP contribution in [0.25, 0.3) is 0 Å². The highest BCUT2D eigenvalue weighted by atomic mass is 16.5. The zero-order valence-electron chi connectivity index (χ0n) is 8.33. The van der Waals surface area contributed by atoms with Crippen molar-refractivity contribution in [2.24, 2.45) is 0 Å². The minimum absolute atomic E-state index is 0.0105. The zero-order valence-corrected chi connectivity index (χ0v) is 8.33. The standard InChI is InChI=1S/C10H17NO3/c12-10(14-8-2-1-3-8)6-9-7-11-4-5-13-9/h8-9,11H,1-7H2. The molecule has 2 rings (SSSR count). The van der Waals surface area contributed by atoms with E-state index in [2.05, 4.69) is 5.32 Å². The van der Waals surface area contributed by atoms with Gasteiger partial charge in [-0.3, -0.25) is 4.79 Å². The molecule has 2 aliphatic rings. The van der Waals surface area contributed by atoms with Gasteiger partial charge in [0.1, 0.15) is 6.10 Å². The number of hydrogen-bond donors (Lipinski definition) is 1. The van der Waals surface area contributed by atoms with E-state index in [4.69, 9.17) is 9.47 Å². The molecule has 4 heteroatoms. The molecule has 80 valence electrons. The Morgan fingerprint density at radius 3 is 2.93 bits per heavy atom. The summed E-state index contributed by atoms with van der Waals surface area (Å²) in [6, 6.07) is 0. The molecule has 1 saturated heterocycles. The lowest BCUT2D eigenvalue weighted by molar-refractivity contribution is -0.156. The van der Waals surface area contributed by atoms with E-state index in [1.807, 2.05) is 0 Å². The molecule has 0 bridgehead atoms. The summed E-state index contributed by atoms with van der Waals surface area (Å²) in [6.45, 7) is 2.34. The Hall–Kier alpha value is -0.610. The summed E-state index contributed by atoms with van der Waals surface area (Å²) in [5.41, 5.74) is 0. The second-order valence-corrected chi connectivity index (χ2v) is 3.94. The van der Waals surface area contributed by atoms with Gasteiger partial charge in [0.15, 0.2) is 0 Å². The fraction of sp³-hybridized carbons (Fsp3) is 0.900. The SMILES string of the molecule is O=C(CC1CNCCO1)OC1CCC1. The third kappa shape index (κ3) is 2.69. The molecular weight excluding hydrogens is 182 g/mol. The maximum absolute atomic E-state index is 11.4. The number of carbonyl (C=O) groups excluding carboxylic acids is 1. The summed E-state index contributed by atoms with van der Waals surface area (Å²) < 4.78 is 10.7. The number of nitrogens with one attached hydrogen (secondary N) is 1. The first-order valence-corrected chi connectivity index (χ1v) is 5.36. The van der Waals surface area contributed by atoms with E-state index in [0.717, 1.165) is 25.9 Å². The van der Waals surface area contributed by atoms with Crippen molar-refractivity contribution in [3.63, 3.8) is 0 Å². The van der Waals surface area contributed by atoms with Crippen LogP contribution in [0, 0.1) is 0 Å². The first-order chi connectivity index (χ1) is 6.84. The first kappa shape index (κ1) is 9.93. The fourth-order valence-electron chi connectivity index (χ4n) is 1.66. The lowest BCUT2D eigenvalue weighted by Gasteiger charge is -2.27. The Morgan fingerprint density at radius 1 is 1.50 bits per heavy atom. The quantitative estimate of drug-likeness (QED) is 0.671. The van der Waals surface area contributed by atoms with Gasteiger partial charge in [0.2, 0.25) is 0 Å². The molecule has 0 amide bonds. The van der Waals surface area contributed by atoms with Crippen molar-refractivity contribution in [3.8, 4) is 0 Å². The molecule has 1 aliphatic heterocycles. The van der Waals surface area contributed by atoms with Crippen LogP contribution in [-0.4, -0.2) is 37.9 Å². The van der Waals surface area contributed by atoms with Crippen LogP contribution in [0.15, 0.2) is 0 Å². The lowest BCUT2D eigenvalue weighted by Crippen LogP contribution is -2.40. The van der Waals surface area contributed by atoms with E-state index in [0.29, 0.717) is 13.0 Å². The van der Waals surface area contributed by atoms with Crippen molar-refractivity contribution in [2.45, 2.75) is 37.9 Å². The van der Waals surface area contributed by atoms with Gasteiger partial charge in [-0.25, -0.2) is 0 Å². The minimum Gasteiger partial charge on any atom is -0.462 e. The van der Waals surface area contributed by atoms with Gasteiger partial charge < -0.3 is 14.8 Å². The van der Waals surface area contributed by atoms with Gasteiger partial charge in [-0.15, -0.1) is 0 Å².